The molecule has 3 rings (SSSR count). The minimum atomic E-state index is -1.12. The molecule has 9 heteroatoms. The molecule has 0 saturated heterocycles. The van der Waals surface area contributed by atoms with Crippen molar-refractivity contribution in [2.75, 3.05) is 34.5 Å². The average Bonchev–Trinajstić information content (AvgIpc) is 2.95. The van der Waals surface area contributed by atoms with Crippen molar-refractivity contribution in [3.05, 3.63) is 68.8 Å². The van der Waals surface area contributed by atoms with Gasteiger partial charge in [0.25, 0.3) is 0 Å². The van der Waals surface area contributed by atoms with Crippen molar-refractivity contribution in [1.29, 1.82) is 0 Å². The number of ether oxygens (including phenoxy) is 6. The topological polar surface area (TPSA) is 110 Å². The standard InChI is InChI=1S/C32H38O9/c1-17-20(4)28(22(6)29(37-8)25(17)31(33)34)41-32(35)26-18(2)19(3)27(21(5)30(26)38-9)40-16-12-15-39-24-14-11-10-13-23(24)36-7/h10-11,13-14H,12,15-16H2,1-9H3,(H,33,34). The molecule has 220 valence electrons. The number of methoxy groups -OCH3 is 3. The van der Waals surface area contributed by atoms with Gasteiger partial charge in [0.2, 0.25) is 0 Å². The maximum Gasteiger partial charge on any atom is 0.347 e. The van der Waals surface area contributed by atoms with E-state index in [1.165, 1.54) is 14.2 Å². The Hall–Kier alpha value is -4.40. The van der Waals surface area contributed by atoms with Crippen LogP contribution in [0.2, 0.25) is 0 Å². The first-order valence-corrected chi connectivity index (χ1v) is 13.2. The summed E-state index contributed by atoms with van der Waals surface area (Å²) in [6.07, 6.45) is 0.619. The quantitative estimate of drug-likeness (QED) is 0.153. The van der Waals surface area contributed by atoms with Crippen LogP contribution in [-0.4, -0.2) is 51.6 Å². The summed E-state index contributed by atoms with van der Waals surface area (Å²) < 4.78 is 34.3. The summed E-state index contributed by atoms with van der Waals surface area (Å²) in [7, 11) is 4.48. The number of hydrogen-bond acceptors (Lipinski definition) is 8. The van der Waals surface area contributed by atoms with E-state index >= 15 is 0 Å². The molecule has 3 aromatic rings. The van der Waals surface area contributed by atoms with Crippen molar-refractivity contribution in [2.45, 2.75) is 48.0 Å². The molecule has 0 amide bonds. The summed E-state index contributed by atoms with van der Waals surface area (Å²) in [5, 5.41) is 9.71. The summed E-state index contributed by atoms with van der Waals surface area (Å²) in [5.74, 6) is 0.966. The molecule has 0 unspecified atom stereocenters. The fraction of sp³-hybridized carbons (Fsp3) is 0.375. The van der Waals surface area contributed by atoms with E-state index in [4.69, 9.17) is 28.4 Å². The number of carbonyl (C=O) groups excluding carboxylic acids is 1. The Morgan fingerprint density at radius 1 is 0.610 bits per heavy atom. The predicted octanol–water partition coefficient (Wildman–Crippen LogP) is 6.33. The predicted molar refractivity (Wildman–Crippen MR) is 155 cm³/mol. The van der Waals surface area contributed by atoms with Crippen LogP contribution in [0.1, 0.15) is 60.5 Å². The van der Waals surface area contributed by atoms with Crippen LogP contribution in [-0.2, 0) is 0 Å². The van der Waals surface area contributed by atoms with Gasteiger partial charge < -0.3 is 33.5 Å². The van der Waals surface area contributed by atoms with Crippen LogP contribution in [0.3, 0.4) is 0 Å². The molecule has 41 heavy (non-hydrogen) atoms. The summed E-state index contributed by atoms with van der Waals surface area (Å²) >= 11 is 0. The Bertz CT molecular complexity index is 1460. The molecule has 0 radical (unpaired) electrons. The maximum absolute atomic E-state index is 13.6. The van der Waals surface area contributed by atoms with E-state index in [1.54, 1.807) is 27.9 Å². The van der Waals surface area contributed by atoms with E-state index < -0.39 is 11.9 Å². The Morgan fingerprint density at radius 3 is 1.71 bits per heavy atom. The van der Waals surface area contributed by atoms with E-state index in [0.717, 1.165) is 5.56 Å². The first-order chi connectivity index (χ1) is 19.5. The summed E-state index contributed by atoms with van der Waals surface area (Å²) in [4.78, 5) is 25.5. The molecule has 3 aromatic carbocycles. The number of carbonyl (C=O) groups is 2. The van der Waals surface area contributed by atoms with Gasteiger partial charge in [0.1, 0.15) is 34.1 Å². The average molecular weight is 567 g/mol. The van der Waals surface area contributed by atoms with Gasteiger partial charge in [-0.3, -0.25) is 0 Å². The van der Waals surface area contributed by atoms with Crippen LogP contribution in [0.5, 0.6) is 34.5 Å². The Balaban J connectivity index is 1.86. The van der Waals surface area contributed by atoms with E-state index in [2.05, 4.69) is 0 Å². The molecule has 0 aliphatic heterocycles. The van der Waals surface area contributed by atoms with Crippen LogP contribution < -0.4 is 28.4 Å². The molecule has 0 spiro atoms. The third-order valence-electron chi connectivity index (χ3n) is 7.26. The first kappa shape index (κ1) is 31.1. The van der Waals surface area contributed by atoms with Crippen molar-refractivity contribution in [3.63, 3.8) is 0 Å². The molecule has 1 N–H and O–H groups in total. The van der Waals surface area contributed by atoms with Crippen molar-refractivity contribution in [2.24, 2.45) is 0 Å². The zero-order valence-electron chi connectivity index (χ0n) is 25.1. The molecule has 0 bridgehead atoms. The van der Waals surface area contributed by atoms with Crippen molar-refractivity contribution >= 4 is 11.9 Å². The van der Waals surface area contributed by atoms with Crippen LogP contribution in [0.15, 0.2) is 24.3 Å². The van der Waals surface area contributed by atoms with Crippen molar-refractivity contribution < 1.29 is 43.1 Å². The van der Waals surface area contributed by atoms with Crippen molar-refractivity contribution in [3.8, 4) is 34.5 Å². The number of esters is 1. The highest BCUT2D eigenvalue weighted by Crippen LogP contribution is 2.41. The second kappa shape index (κ2) is 13.3. The fourth-order valence-electron chi connectivity index (χ4n) is 4.88. The Kier molecular flexibility index (Phi) is 10.1. The zero-order valence-corrected chi connectivity index (χ0v) is 25.1. The normalized spacial score (nSPS) is 10.7. The van der Waals surface area contributed by atoms with Gasteiger partial charge in [0, 0.05) is 17.5 Å². The highest BCUT2D eigenvalue weighted by Gasteiger charge is 2.29. The number of hydrogen-bond donors (Lipinski definition) is 1. The number of benzene rings is 3. The number of carboxylic acids is 1. The third-order valence-corrected chi connectivity index (χ3v) is 7.26. The summed E-state index contributed by atoms with van der Waals surface area (Å²) in [6, 6.07) is 7.45. The van der Waals surface area contributed by atoms with Gasteiger partial charge in [-0.2, -0.15) is 0 Å². The van der Waals surface area contributed by atoms with Gasteiger partial charge in [-0.1, -0.05) is 12.1 Å². The first-order valence-electron chi connectivity index (χ1n) is 13.2. The van der Waals surface area contributed by atoms with Gasteiger partial charge in [0.05, 0.1) is 34.5 Å². The van der Waals surface area contributed by atoms with E-state index in [9.17, 15) is 14.7 Å². The molecule has 0 aromatic heterocycles. The Morgan fingerprint density at radius 2 is 1.12 bits per heavy atom. The smallest absolute Gasteiger partial charge is 0.347 e. The lowest BCUT2D eigenvalue weighted by atomic mass is 9.96. The van der Waals surface area contributed by atoms with Crippen LogP contribution in [0, 0.1) is 41.5 Å². The zero-order chi connectivity index (χ0) is 30.4. The van der Waals surface area contributed by atoms with Crippen LogP contribution in [0.25, 0.3) is 0 Å². The highest BCUT2D eigenvalue weighted by atomic mass is 16.5. The Labute approximate surface area is 240 Å². The summed E-state index contributed by atoms with van der Waals surface area (Å²) in [5.41, 5.74) is 3.82. The van der Waals surface area contributed by atoms with E-state index in [1.807, 2.05) is 45.0 Å². The van der Waals surface area contributed by atoms with Gasteiger partial charge >= 0.3 is 11.9 Å². The lowest BCUT2D eigenvalue weighted by Crippen LogP contribution is -2.17. The van der Waals surface area contributed by atoms with E-state index in [0.29, 0.717) is 70.4 Å². The molecular weight excluding hydrogens is 528 g/mol. The lowest BCUT2D eigenvalue weighted by molar-refractivity contribution is 0.0692. The number of para-hydroxylation sites is 2. The number of carboxylic acid groups (broad SMARTS) is 1. The lowest BCUT2D eigenvalue weighted by Gasteiger charge is -2.22. The molecule has 0 heterocycles. The number of aromatic carboxylic acids is 1. The molecular formula is C32H38O9. The molecule has 0 aliphatic rings. The minimum absolute atomic E-state index is 0.0394. The van der Waals surface area contributed by atoms with Gasteiger partial charge in [-0.05, 0) is 75.9 Å². The molecule has 9 nitrogen and oxygen atoms in total. The third kappa shape index (κ3) is 6.19. The van der Waals surface area contributed by atoms with Crippen LogP contribution in [0.4, 0.5) is 0 Å². The molecule has 0 saturated carbocycles. The summed E-state index contributed by atoms with van der Waals surface area (Å²) in [6.45, 7) is 11.4. The van der Waals surface area contributed by atoms with Gasteiger partial charge in [-0.25, -0.2) is 9.59 Å². The van der Waals surface area contributed by atoms with Crippen molar-refractivity contribution in [1.82, 2.24) is 0 Å². The maximum atomic E-state index is 13.6. The van der Waals surface area contributed by atoms with E-state index in [-0.39, 0.29) is 22.6 Å². The highest BCUT2D eigenvalue weighted by molar-refractivity contribution is 5.98. The minimum Gasteiger partial charge on any atom is -0.495 e. The monoisotopic (exact) mass is 566 g/mol. The largest absolute Gasteiger partial charge is 0.495 e. The van der Waals surface area contributed by atoms with Crippen LogP contribution >= 0.6 is 0 Å². The van der Waals surface area contributed by atoms with Gasteiger partial charge in [-0.15, -0.1) is 0 Å². The SMILES string of the molecule is COc1ccccc1OCCCOc1c(C)c(C)c(C(=O)Oc2c(C)c(C)c(C(=O)O)c(OC)c2C)c(OC)c1C. The number of rotatable bonds is 12. The second-order valence-corrected chi connectivity index (χ2v) is 9.62. The van der Waals surface area contributed by atoms with Gasteiger partial charge in [0.15, 0.2) is 11.5 Å². The molecule has 0 aliphatic carbocycles. The fourth-order valence-corrected chi connectivity index (χ4v) is 4.88. The second-order valence-electron chi connectivity index (χ2n) is 9.62. The molecule has 0 atom stereocenters. The molecule has 0 fully saturated rings.